The van der Waals surface area contributed by atoms with Crippen molar-refractivity contribution in [3.05, 3.63) is 0 Å². The second-order valence-electron chi connectivity index (χ2n) is 4.08. The maximum atomic E-state index is 11.9. The minimum absolute atomic E-state index is 0.123. The molecule has 1 aliphatic heterocycles. The Hall–Kier alpha value is -0.220. The fourth-order valence-electron chi connectivity index (χ4n) is 1.88. The third-order valence-electron chi connectivity index (χ3n) is 2.94. The van der Waals surface area contributed by atoms with Gasteiger partial charge >= 0.3 is 0 Å². The Labute approximate surface area is 90.4 Å². The highest BCUT2D eigenvalue weighted by atomic mass is 32.2. The molecule has 4 heteroatoms. The molecule has 2 N–H and O–H groups in total. The van der Waals surface area contributed by atoms with Crippen molar-refractivity contribution in [2.24, 2.45) is 11.7 Å². The monoisotopic (exact) mass is 216 g/mol. The molecule has 0 aromatic rings. The molecule has 0 spiro atoms. The fourth-order valence-corrected chi connectivity index (χ4v) is 2.52. The van der Waals surface area contributed by atoms with Crippen molar-refractivity contribution >= 4 is 17.7 Å². The number of nitrogens with two attached hydrogens (primary N) is 1. The second-order valence-corrected chi connectivity index (χ2v) is 4.99. The van der Waals surface area contributed by atoms with E-state index < -0.39 is 0 Å². The lowest BCUT2D eigenvalue weighted by molar-refractivity contribution is -0.134. The number of carbonyl (C=O) groups excluding carboxylic acids is 1. The van der Waals surface area contributed by atoms with Crippen molar-refractivity contribution < 1.29 is 4.79 Å². The van der Waals surface area contributed by atoms with Crippen molar-refractivity contribution in [3.63, 3.8) is 0 Å². The number of likely N-dealkylation sites (tertiary alicyclic amines) is 1. The molecule has 1 aliphatic rings. The molecule has 1 heterocycles. The third kappa shape index (κ3) is 2.42. The van der Waals surface area contributed by atoms with Gasteiger partial charge in [0.05, 0.1) is 0 Å². The molecular formula is C10H20N2OS. The van der Waals surface area contributed by atoms with Gasteiger partial charge in [0.1, 0.15) is 0 Å². The van der Waals surface area contributed by atoms with Gasteiger partial charge in [0.2, 0.25) is 5.91 Å². The first-order chi connectivity index (χ1) is 6.57. The molecule has 0 aromatic carbocycles. The van der Waals surface area contributed by atoms with E-state index in [9.17, 15) is 4.79 Å². The van der Waals surface area contributed by atoms with Crippen LogP contribution in [0.1, 0.15) is 20.3 Å². The van der Waals surface area contributed by atoms with Crippen LogP contribution >= 0.6 is 11.8 Å². The molecular weight excluding hydrogens is 196 g/mol. The predicted octanol–water partition coefficient (Wildman–Crippen LogP) is 0.934. The average molecular weight is 216 g/mol. The van der Waals surface area contributed by atoms with E-state index in [2.05, 4.69) is 0 Å². The van der Waals surface area contributed by atoms with Crippen molar-refractivity contribution in [2.75, 3.05) is 18.6 Å². The summed E-state index contributed by atoms with van der Waals surface area (Å²) >= 11 is 1.72. The molecule has 0 bridgehead atoms. The summed E-state index contributed by atoms with van der Waals surface area (Å²) in [7, 11) is 0. The Morgan fingerprint density at radius 1 is 1.71 bits per heavy atom. The van der Waals surface area contributed by atoms with Gasteiger partial charge in [-0.3, -0.25) is 4.79 Å². The molecule has 3 unspecified atom stereocenters. The number of thioether (sulfide) groups is 1. The lowest BCUT2D eigenvalue weighted by atomic mass is 10.1. The number of amides is 1. The first-order valence-corrected chi connectivity index (χ1v) is 6.52. The highest BCUT2D eigenvalue weighted by Gasteiger charge is 2.33. The number of hydrogen-bond acceptors (Lipinski definition) is 3. The van der Waals surface area contributed by atoms with E-state index in [1.165, 1.54) is 0 Å². The molecule has 0 radical (unpaired) electrons. The first-order valence-electron chi connectivity index (χ1n) is 5.13. The Balaban J connectivity index is 2.52. The first kappa shape index (κ1) is 11.9. The van der Waals surface area contributed by atoms with E-state index in [0.717, 1.165) is 18.7 Å². The number of hydrogen-bond donors (Lipinski definition) is 1. The Morgan fingerprint density at radius 2 is 2.36 bits per heavy atom. The smallest absolute Gasteiger partial charge is 0.226 e. The standard InChI is InChI=1S/C10H20N2OS/c1-7(6-14-3)10(13)12-5-4-9(11)8(12)2/h7-9H,4-6,11H2,1-3H3. The predicted molar refractivity (Wildman–Crippen MR) is 61.3 cm³/mol. The minimum Gasteiger partial charge on any atom is -0.338 e. The van der Waals surface area contributed by atoms with Crippen molar-refractivity contribution in [2.45, 2.75) is 32.4 Å². The van der Waals surface area contributed by atoms with Crippen LogP contribution in [0.25, 0.3) is 0 Å². The number of nitrogens with zero attached hydrogens (tertiary/aromatic N) is 1. The van der Waals surface area contributed by atoms with Gasteiger partial charge in [-0.15, -0.1) is 0 Å². The molecule has 1 saturated heterocycles. The highest BCUT2D eigenvalue weighted by molar-refractivity contribution is 7.98. The number of carbonyl (C=O) groups is 1. The normalized spacial score (nSPS) is 29.3. The molecule has 3 nitrogen and oxygen atoms in total. The Bertz CT molecular complexity index is 210. The molecule has 82 valence electrons. The Morgan fingerprint density at radius 3 is 2.79 bits per heavy atom. The lowest BCUT2D eigenvalue weighted by Crippen LogP contribution is -2.43. The summed E-state index contributed by atoms with van der Waals surface area (Å²) in [5, 5.41) is 0. The van der Waals surface area contributed by atoms with E-state index in [1.807, 2.05) is 25.0 Å². The molecule has 0 saturated carbocycles. The molecule has 14 heavy (non-hydrogen) atoms. The van der Waals surface area contributed by atoms with Crippen LogP contribution in [0.2, 0.25) is 0 Å². The van der Waals surface area contributed by atoms with Gasteiger partial charge in [-0.1, -0.05) is 6.92 Å². The van der Waals surface area contributed by atoms with Crippen LogP contribution in [0, 0.1) is 5.92 Å². The van der Waals surface area contributed by atoms with Crippen LogP contribution in [-0.4, -0.2) is 41.4 Å². The molecule has 3 atom stereocenters. The van der Waals surface area contributed by atoms with E-state index in [0.29, 0.717) is 0 Å². The maximum Gasteiger partial charge on any atom is 0.226 e. The quantitative estimate of drug-likeness (QED) is 0.763. The zero-order chi connectivity index (χ0) is 10.7. The van der Waals surface area contributed by atoms with Crippen LogP contribution in [0.5, 0.6) is 0 Å². The summed E-state index contributed by atoms with van der Waals surface area (Å²) in [5.41, 5.74) is 5.88. The topological polar surface area (TPSA) is 46.3 Å². The fraction of sp³-hybridized carbons (Fsp3) is 0.900. The second kappa shape index (κ2) is 5.03. The van der Waals surface area contributed by atoms with Gasteiger partial charge in [-0.2, -0.15) is 11.8 Å². The number of rotatable bonds is 3. The van der Waals surface area contributed by atoms with Gasteiger partial charge in [0.15, 0.2) is 0 Å². The maximum absolute atomic E-state index is 11.9. The minimum atomic E-state index is 0.123. The van der Waals surface area contributed by atoms with Crippen molar-refractivity contribution in [3.8, 4) is 0 Å². The van der Waals surface area contributed by atoms with Gasteiger partial charge in [0, 0.05) is 30.3 Å². The highest BCUT2D eigenvalue weighted by Crippen LogP contribution is 2.19. The molecule has 0 aromatic heterocycles. The van der Waals surface area contributed by atoms with Crippen molar-refractivity contribution in [1.82, 2.24) is 4.90 Å². The van der Waals surface area contributed by atoms with Crippen molar-refractivity contribution in [1.29, 1.82) is 0 Å². The van der Waals surface area contributed by atoms with Crippen LogP contribution in [0.3, 0.4) is 0 Å². The van der Waals surface area contributed by atoms with Gasteiger partial charge in [0.25, 0.3) is 0 Å². The van der Waals surface area contributed by atoms with Crippen LogP contribution in [-0.2, 0) is 4.79 Å². The SMILES string of the molecule is CSCC(C)C(=O)N1CCC(N)C1C. The zero-order valence-electron chi connectivity index (χ0n) is 9.19. The Kier molecular flexibility index (Phi) is 4.26. The van der Waals surface area contributed by atoms with Gasteiger partial charge < -0.3 is 10.6 Å². The molecule has 1 rings (SSSR count). The zero-order valence-corrected chi connectivity index (χ0v) is 10.0. The van der Waals surface area contributed by atoms with Crippen LogP contribution < -0.4 is 5.73 Å². The summed E-state index contributed by atoms with van der Waals surface area (Å²) < 4.78 is 0. The summed E-state index contributed by atoms with van der Waals surface area (Å²) in [6.07, 6.45) is 2.97. The van der Waals surface area contributed by atoms with E-state index in [-0.39, 0.29) is 23.9 Å². The van der Waals surface area contributed by atoms with Gasteiger partial charge in [-0.25, -0.2) is 0 Å². The summed E-state index contributed by atoms with van der Waals surface area (Å²) in [6, 6.07) is 0.382. The third-order valence-corrected chi connectivity index (χ3v) is 3.77. The average Bonchev–Trinajstić information content (AvgIpc) is 2.47. The van der Waals surface area contributed by atoms with Gasteiger partial charge in [-0.05, 0) is 19.6 Å². The van der Waals surface area contributed by atoms with Crippen LogP contribution in [0.4, 0.5) is 0 Å². The molecule has 0 aliphatic carbocycles. The van der Waals surface area contributed by atoms with E-state index in [4.69, 9.17) is 5.73 Å². The summed E-state index contributed by atoms with van der Waals surface area (Å²) in [6.45, 7) is 4.87. The summed E-state index contributed by atoms with van der Waals surface area (Å²) in [5.74, 6) is 1.29. The van der Waals surface area contributed by atoms with Crippen LogP contribution in [0.15, 0.2) is 0 Å². The molecule has 1 fully saturated rings. The van der Waals surface area contributed by atoms with E-state index in [1.54, 1.807) is 11.8 Å². The molecule has 1 amide bonds. The lowest BCUT2D eigenvalue weighted by Gasteiger charge is -2.26. The largest absolute Gasteiger partial charge is 0.338 e. The van der Waals surface area contributed by atoms with E-state index >= 15 is 0 Å². The summed E-state index contributed by atoms with van der Waals surface area (Å²) in [4.78, 5) is 13.9.